The van der Waals surface area contributed by atoms with Gasteiger partial charge >= 0.3 is 0 Å². The van der Waals surface area contributed by atoms with Crippen LogP contribution in [0.5, 0.6) is 0 Å². The van der Waals surface area contributed by atoms with Crippen LogP contribution in [0.1, 0.15) is 226 Å². The number of carbonyl (C=O) groups excluding carboxylic acids is 1. The molecule has 0 aliphatic rings. The molecule has 4 N–H and O–H groups in total. The Bertz CT molecular complexity index is 655. The van der Waals surface area contributed by atoms with Crippen LogP contribution in [0.3, 0.4) is 0 Å². The van der Waals surface area contributed by atoms with Crippen molar-refractivity contribution in [2.75, 3.05) is 6.61 Å². The van der Waals surface area contributed by atoms with Crippen LogP contribution in [0.25, 0.3) is 0 Å². The molecule has 3 atom stereocenters. The zero-order chi connectivity index (χ0) is 34.5. The molecule has 0 rings (SSSR count). The second-order valence-corrected chi connectivity index (χ2v) is 14.6. The van der Waals surface area contributed by atoms with Gasteiger partial charge in [0.2, 0.25) is 5.91 Å². The fourth-order valence-electron chi connectivity index (χ4n) is 6.54. The van der Waals surface area contributed by atoms with Crippen molar-refractivity contribution in [2.45, 2.75) is 244 Å². The summed E-state index contributed by atoms with van der Waals surface area (Å²) in [6, 6.07) is -0.710. The zero-order valence-corrected chi connectivity index (χ0v) is 31.7. The number of allylic oxidation sites excluding steroid dienone is 2. The van der Waals surface area contributed by atoms with E-state index in [1.165, 1.54) is 167 Å². The van der Waals surface area contributed by atoms with Crippen molar-refractivity contribution in [3.05, 3.63) is 12.2 Å². The minimum atomic E-state index is -1.08. The summed E-state index contributed by atoms with van der Waals surface area (Å²) in [6.07, 6.45) is 43.4. The molecule has 3 unspecified atom stereocenters. The molecule has 5 nitrogen and oxygen atoms in total. The van der Waals surface area contributed by atoms with E-state index in [-0.39, 0.29) is 6.61 Å². The Morgan fingerprint density at radius 2 is 0.809 bits per heavy atom. The summed E-state index contributed by atoms with van der Waals surface area (Å²) in [5, 5.41) is 33.2. The van der Waals surface area contributed by atoms with Gasteiger partial charge in [-0.25, -0.2) is 0 Å². The lowest BCUT2D eigenvalue weighted by Gasteiger charge is -2.23. The van der Waals surface area contributed by atoms with Gasteiger partial charge in [0, 0.05) is 0 Å². The number of unbranched alkanes of at least 4 members (excludes halogenated alkanes) is 28. The predicted molar refractivity (Wildman–Crippen MR) is 204 cm³/mol. The van der Waals surface area contributed by atoms with Crippen LogP contribution in [0, 0.1) is 0 Å². The van der Waals surface area contributed by atoms with Gasteiger partial charge in [-0.05, 0) is 38.5 Å². The number of nitrogens with one attached hydrogen (secondary N) is 1. The average molecular weight is 666 g/mol. The molecule has 0 saturated carbocycles. The van der Waals surface area contributed by atoms with E-state index in [2.05, 4.69) is 31.3 Å². The molecular formula is C42H83NO4. The third-order valence-corrected chi connectivity index (χ3v) is 9.88. The monoisotopic (exact) mass is 666 g/mol. The highest BCUT2D eigenvalue weighted by Crippen LogP contribution is 2.16. The van der Waals surface area contributed by atoms with Gasteiger partial charge in [0.15, 0.2) is 0 Å². The Hall–Kier alpha value is -0.910. The molecule has 0 aromatic rings. The Kier molecular flexibility index (Phi) is 37.2. The Labute approximate surface area is 293 Å². The Balaban J connectivity index is 3.64. The Morgan fingerprint density at radius 3 is 1.17 bits per heavy atom. The molecule has 0 saturated heterocycles. The summed E-state index contributed by atoms with van der Waals surface area (Å²) in [5.74, 6) is -0.474. The highest BCUT2D eigenvalue weighted by Gasteiger charge is 2.23. The maximum Gasteiger partial charge on any atom is 0.249 e. The number of carbonyl (C=O) groups is 1. The van der Waals surface area contributed by atoms with Crippen LogP contribution in [-0.2, 0) is 4.79 Å². The van der Waals surface area contributed by atoms with Gasteiger partial charge in [0.25, 0.3) is 0 Å². The van der Waals surface area contributed by atoms with Crippen molar-refractivity contribution >= 4 is 5.91 Å². The SMILES string of the molecule is CCCCCCCCCC/C=C\CCCCCCCCC(O)C(=O)NC(CO)C(O)CCCCCCCCCCCCCCCCC. The number of hydrogen-bond donors (Lipinski definition) is 4. The first kappa shape index (κ1) is 46.1. The molecule has 0 radical (unpaired) electrons. The number of hydrogen-bond acceptors (Lipinski definition) is 4. The van der Waals surface area contributed by atoms with Crippen LogP contribution in [0.4, 0.5) is 0 Å². The molecule has 5 heteroatoms. The third-order valence-electron chi connectivity index (χ3n) is 9.88. The maximum absolute atomic E-state index is 12.5. The minimum absolute atomic E-state index is 0.313. The zero-order valence-electron chi connectivity index (χ0n) is 31.7. The summed E-state index contributed by atoms with van der Waals surface area (Å²) in [6.45, 7) is 4.23. The van der Waals surface area contributed by atoms with Gasteiger partial charge in [-0.3, -0.25) is 4.79 Å². The smallest absolute Gasteiger partial charge is 0.249 e. The van der Waals surface area contributed by atoms with Crippen molar-refractivity contribution in [3.8, 4) is 0 Å². The van der Waals surface area contributed by atoms with Crippen LogP contribution in [-0.4, -0.2) is 46.1 Å². The van der Waals surface area contributed by atoms with E-state index in [0.29, 0.717) is 12.8 Å². The topological polar surface area (TPSA) is 89.8 Å². The fraction of sp³-hybridized carbons (Fsp3) is 0.929. The molecule has 1 amide bonds. The number of amides is 1. The van der Waals surface area contributed by atoms with E-state index >= 15 is 0 Å². The van der Waals surface area contributed by atoms with Crippen LogP contribution in [0.2, 0.25) is 0 Å². The van der Waals surface area contributed by atoms with Gasteiger partial charge in [0.1, 0.15) is 6.10 Å². The fourth-order valence-corrected chi connectivity index (χ4v) is 6.54. The molecule has 0 bridgehead atoms. The van der Waals surface area contributed by atoms with Gasteiger partial charge < -0.3 is 20.6 Å². The van der Waals surface area contributed by atoms with Crippen LogP contribution < -0.4 is 5.32 Å². The summed E-state index contributed by atoms with van der Waals surface area (Å²) >= 11 is 0. The van der Waals surface area contributed by atoms with E-state index in [9.17, 15) is 20.1 Å². The van der Waals surface area contributed by atoms with Crippen molar-refractivity contribution in [1.29, 1.82) is 0 Å². The molecule has 0 aliphatic carbocycles. The standard InChI is InChI=1S/C42H83NO4/c1-3-5-7-9-11-13-15-17-19-20-21-23-25-27-29-31-33-35-37-41(46)42(47)43-39(38-44)40(45)36-34-32-30-28-26-24-22-18-16-14-12-10-8-6-4-2/h20-21,39-41,44-46H,3-19,22-38H2,1-2H3,(H,43,47)/b21-20-. The average Bonchev–Trinajstić information content (AvgIpc) is 3.07. The number of rotatable bonds is 38. The van der Waals surface area contributed by atoms with Crippen molar-refractivity contribution in [1.82, 2.24) is 5.32 Å². The van der Waals surface area contributed by atoms with Gasteiger partial charge in [-0.2, -0.15) is 0 Å². The lowest BCUT2D eigenvalue weighted by atomic mass is 10.0. The minimum Gasteiger partial charge on any atom is -0.394 e. The van der Waals surface area contributed by atoms with E-state index in [1.807, 2.05) is 0 Å². The van der Waals surface area contributed by atoms with Gasteiger partial charge in [-0.1, -0.05) is 199 Å². The largest absolute Gasteiger partial charge is 0.394 e. The summed E-state index contributed by atoms with van der Waals surface area (Å²) < 4.78 is 0. The van der Waals surface area contributed by atoms with Crippen molar-refractivity contribution < 1.29 is 20.1 Å². The summed E-state index contributed by atoms with van der Waals surface area (Å²) in [4.78, 5) is 12.5. The van der Waals surface area contributed by atoms with Gasteiger partial charge in [0.05, 0.1) is 18.8 Å². The van der Waals surface area contributed by atoms with E-state index < -0.39 is 24.2 Å². The van der Waals surface area contributed by atoms with E-state index in [0.717, 1.165) is 32.1 Å². The summed E-state index contributed by atoms with van der Waals surface area (Å²) in [7, 11) is 0. The number of aliphatic hydroxyl groups excluding tert-OH is 3. The molecule has 280 valence electrons. The highest BCUT2D eigenvalue weighted by molar-refractivity contribution is 5.80. The highest BCUT2D eigenvalue weighted by atomic mass is 16.3. The quantitative estimate of drug-likeness (QED) is 0.0390. The van der Waals surface area contributed by atoms with Crippen LogP contribution >= 0.6 is 0 Å². The third kappa shape index (κ3) is 33.4. The molecule has 0 aromatic carbocycles. The van der Waals surface area contributed by atoms with Gasteiger partial charge in [-0.15, -0.1) is 0 Å². The molecule has 0 spiro atoms. The Morgan fingerprint density at radius 1 is 0.489 bits per heavy atom. The van der Waals surface area contributed by atoms with Crippen molar-refractivity contribution in [3.63, 3.8) is 0 Å². The first-order chi connectivity index (χ1) is 23.1. The number of aliphatic hydroxyl groups is 3. The molecule has 0 aliphatic heterocycles. The predicted octanol–water partition coefficient (Wildman–Crippen LogP) is 11.7. The lowest BCUT2D eigenvalue weighted by Crippen LogP contribution is -2.49. The second-order valence-electron chi connectivity index (χ2n) is 14.6. The molecule has 47 heavy (non-hydrogen) atoms. The molecule has 0 heterocycles. The first-order valence-corrected chi connectivity index (χ1v) is 21.0. The van der Waals surface area contributed by atoms with Crippen molar-refractivity contribution in [2.24, 2.45) is 0 Å². The van der Waals surface area contributed by atoms with Crippen LogP contribution in [0.15, 0.2) is 12.2 Å². The second kappa shape index (κ2) is 37.9. The lowest BCUT2D eigenvalue weighted by molar-refractivity contribution is -0.131. The normalized spacial score (nSPS) is 13.7. The molecular weight excluding hydrogens is 582 g/mol. The van der Waals surface area contributed by atoms with E-state index in [4.69, 9.17) is 0 Å². The maximum atomic E-state index is 12.5. The first-order valence-electron chi connectivity index (χ1n) is 21.0. The molecule has 0 aromatic heterocycles. The molecule has 0 fully saturated rings. The van der Waals surface area contributed by atoms with E-state index in [1.54, 1.807) is 0 Å². The summed E-state index contributed by atoms with van der Waals surface area (Å²) in [5.41, 5.74) is 0.